The Kier molecular flexibility index (Phi) is 6.85. The highest BCUT2D eigenvalue weighted by atomic mass is 31.2. The predicted octanol–water partition coefficient (Wildman–Crippen LogP) is 3.44. The maximum absolute atomic E-state index is 11.0. The van der Waals surface area contributed by atoms with Crippen LogP contribution in [0, 0.1) is 11.3 Å². The molecule has 0 atom stereocenters. The second-order valence-electron chi connectivity index (χ2n) is 6.70. The van der Waals surface area contributed by atoms with Crippen molar-refractivity contribution >= 4 is 25.4 Å². The maximum atomic E-state index is 11.0. The minimum atomic E-state index is -4.48. The lowest BCUT2D eigenvalue weighted by atomic mass is 10.1. The molecule has 2 N–H and O–H groups in total. The van der Waals surface area contributed by atoms with Crippen LogP contribution in [0.5, 0.6) is 11.5 Å². The third-order valence-electron chi connectivity index (χ3n) is 4.75. The molecular weight excluding hydrogens is 411 g/mol. The molecule has 1 aromatic carbocycles. The van der Waals surface area contributed by atoms with Crippen LogP contribution >= 0.6 is 7.82 Å². The Labute approximate surface area is 174 Å². The Balaban J connectivity index is 1.72. The number of nitriles is 1. The Morgan fingerprint density at radius 2 is 1.90 bits per heavy atom. The lowest BCUT2D eigenvalue weighted by molar-refractivity contribution is 0.114. The number of benzene rings is 1. The number of methoxy groups -OCH3 is 2. The first kappa shape index (κ1) is 21.9. The normalized spacial score (nSPS) is 15.7. The van der Waals surface area contributed by atoms with E-state index in [4.69, 9.17) is 28.2 Å². The number of hydrogen-bond donors (Lipinski definition) is 2. The van der Waals surface area contributed by atoms with Crippen molar-refractivity contribution in [2.45, 2.75) is 18.9 Å². The highest BCUT2D eigenvalue weighted by Gasteiger charge is 2.27. The van der Waals surface area contributed by atoms with Crippen molar-refractivity contribution in [2.24, 2.45) is 0 Å². The van der Waals surface area contributed by atoms with E-state index in [1.165, 1.54) is 7.11 Å². The minimum Gasteiger partial charge on any atom is -0.493 e. The number of phosphoric acid groups is 1. The second kappa shape index (κ2) is 9.37. The number of piperidine rings is 1. The summed E-state index contributed by atoms with van der Waals surface area (Å²) in [6.07, 6.45) is 2.12. The van der Waals surface area contributed by atoms with Crippen molar-refractivity contribution in [3.8, 4) is 17.6 Å². The van der Waals surface area contributed by atoms with Crippen molar-refractivity contribution in [3.05, 3.63) is 41.7 Å². The second-order valence-corrected chi connectivity index (χ2v) is 7.89. The molecule has 1 saturated heterocycles. The van der Waals surface area contributed by atoms with Gasteiger partial charge in [-0.2, -0.15) is 5.26 Å². The number of anilines is 1. The van der Waals surface area contributed by atoms with Crippen molar-refractivity contribution in [1.82, 2.24) is 0 Å². The molecule has 0 unspecified atom stereocenters. The molecule has 0 bridgehead atoms. The number of nitrogens with zero attached hydrogens (tertiary/aromatic N) is 2. The van der Waals surface area contributed by atoms with Gasteiger partial charge in [0.05, 0.1) is 32.0 Å². The summed E-state index contributed by atoms with van der Waals surface area (Å²) in [7, 11) is -1.40. The molecule has 1 aromatic heterocycles. The van der Waals surface area contributed by atoms with Crippen molar-refractivity contribution in [3.63, 3.8) is 0 Å². The average Bonchev–Trinajstić information content (AvgIpc) is 3.19. The summed E-state index contributed by atoms with van der Waals surface area (Å²) in [6, 6.07) is 11.0. The summed E-state index contributed by atoms with van der Waals surface area (Å²) < 4.78 is 32.1. The molecule has 0 amide bonds. The SMILES string of the molecule is COc1ccc(C(C#N)=Cc2ccc(N3CCC(OP(=O)(O)O)CC3)o2)cc1OC. The summed E-state index contributed by atoms with van der Waals surface area (Å²) in [4.78, 5) is 19.8. The third-order valence-corrected chi connectivity index (χ3v) is 5.33. The Morgan fingerprint density at radius 3 is 2.50 bits per heavy atom. The van der Waals surface area contributed by atoms with Gasteiger partial charge in [-0.05, 0) is 48.7 Å². The minimum absolute atomic E-state index is 0.408. The van der Waals surface area contributed by atoms with Crippen molar-refractivity contribution in [1.29, 1.82) is 5.26 Å². The first-order valence-corrected chi connectivity index (χ1v) is 10.8. The topological polar surface area (TPSA) is 125 Å². The van der Waals surface area contributed by atoms with E-state index >= 15 is 0 Å². The average molecular weight is 434 g/mol. The van der Waals surface area contributed by atoms with E-state index in [1.54, 1.807) is 43.5 Å². The molecule has 2 heterocycles. The van der Waals surface area contributed by atoms with Gasteiger partial charge in [0.1, 0.15) is 5.76 Å². The standard InChI is InChI=1S/C20H23N2O7P/c1-26-18-5-3-14(12-19(18)27-2)15(13-21)11-17-4-6-20(28-17)22-9-7-16(8-10-22)29-30(23,24)25/h3-6,11-12,16H,7-10H2,1-2H3,(H2,23,24,25). The molecule has 0 radical (unpaired) electrons. The maximum Gasteiger partial charge on any atom is 0.469 e. The smallest absolute Gasteiger partial charge is 0.469 e. The molecule has 10 heteroatoms. The van der Waals surface area contributed by atoms with Crippen LogP contribution in [0.3, 0.4) is 0 Å². The zero-order chi connectivity index (χ0) is 21.7. The van der Waals surface area contributed by atoms with Gasteiger partial charge >= 0.3 is 7.82 Å². The number of phosphoric ester groups is 1. The van der Waals surface area contributed by atoms with Crippen LogP contribution in [0.15, 0.2) is 34.7 Å². The monoisotopic (exact) mass is 434 g/mol. The van der Waals surface area contributed by atoms with Gasteiger partial charge in [-0.3, -0.25) is 4.52 Å². The first-order valence-electron chi connectivity index (χ1n) is 9.26. The van der Waals surface area contributed by atoms with Gasteiger partial charge in [-0.1, -0.05) is 0 Å². The van der Waals surface area contributed by atoms with E-state index in [2.05, 4.69) is 6.07 Å². The van der Waals surface area contributed by atoms with Crippen LogP contribution in [-0.4, -0.2) is 43.2 Å². The van der Waals surface area contributed by atoms with E-state index in [0.29, 0.717) is 60.2 Å². The Morgan fingerprint density at radius 1 is 1.20 bits per heavy atom. The molecule has 0 saturated carbocycles. The molecule has 0 spiro atoms. The fourth-order valence-corrected chi connectivity index (χ4v) is 3.89. The van der Waals surface area contributed by atoms with E-state index in [1.807, 2.05) is 4.90 Å². The van der Waals surface area contributed by atoms with Crippen LogP contribution in [0.2, 0.25) is 0 Å². The summed E-state index contributed by atoms with van der Waals surface area (Å²) >= 11 is 0. The van der Waals surface area contributed by atoms with Crippen LogP contribution in [0.1, 0.15) is 24.2 Å². The van der Waals surface area contributed by atoms with E-state index in [9.17, 15) is 9.83 Å². The third kappa shape index (κ3) is 5.43. The zero-order valence-corrected chi connectivity index (χ0v) is 17.5. The molecule has 30 heavy (non-hydrogen) atoms. The fourth-order valence-electron chi connectivity index (χ4n) is 3.29. The predicted molar refractivity (Wildman–Crippen MR) is 110 cm³/mol. The summed E-state index contributed by atoms with van der Waals surface area (Å²) in [6.45, 7) is 1.09. The molecule has 160 valence electrons. The van der Waals surface area contributed by atoms with Gasteiger partial charge in [0.25, 0.3) is 0 Å². The van der Waals surface area contributed by atoms with Crippen molar-refractivity contribution < 1.29 is 32.8 Å². The van der Waals surface area contributed by atoms with Crippen LogP contribution < -0.4 is 14.4 Å². The van der Waals surface area contributed by atoms with Gasteiger partial charge < -0.3 is 28.6 Å². The number of hydrogen-bond acceptors (Lipinski definition) is 7. The lowest BCUT2D eigenvalue weighted by Gasteiger charge is -2.31. The Hall–Kier alpha value is -2.76. The molecule has 2 aromatic rings. The van der Waals surface area contributed by atoms with Gasteiger partial charge in [0.2, 0.25) is 0 Å². The van der Waals surface area contributed by atoms with Crippen LogP contribution in [0.4, 0.5) is 5.88 Å². The molecule has 1 fully saturated rings. The van der Waals surface area contributed by atoms with Crippen molar-refractivity contribution in [2.75, 3.05) is 32.2 Å². The number of furan rings is 1. The Bertz CT molecular complexity index is 997. The summed E-state index contributed by atoms with van der Waals surface area (Å²) in [5, 5.41) is 9.59. The molecule has 3 rings (SSSR count). The highest BCUT2D eigenvalue weighted by Crippen LogP contribution is 2.40. The zero-order valence-electron chi connectivity index (χ0n) is 16.6. The molecule has 0 aliphatic carbocycles. The molecule has 9 nitrogen and oxygen atoms in total. The quantitative estimate of drug-likeness (QED) is 0.498. The first-order chi connectivity index (χ1) is 14.3. The van der Waals surface area contributed by atoms with Gasteiger partial charge in [0, 0.05) is 19.2 Å². The molecule has 1 aliphatic heterocycles. The largest absolute Gasteiger partial charge is 0.493 e. The van der Waals surface area contributed by atoms with Gasteiger partial charge in [-0.15, -0.1) is 0 Å². The summed E-state index contributed by atoms with van der Waals surface area (Å²) in [5.74, 6) is 2.24. The lowest BCUT2D eigenvalue weighted by Crippen LogP contribution is -2.36. The van der Waals surface area contributed by atoms with Gasteiger partial charge in [-0.25, -0.2) is 4.57 Å². The van der Waals surface area contributed by atoms with Gasteiger partial charge in [0.15, 0.2) is 17.4 Å². The fraction of sp³-hybridized carbons (Fsp3) is 0.350. The van der Waals surface area contributed by atoms with Crippen LogP contribution in [0.25, 0.3) is 11.6 Å². The van der Waals surface area contributed by atoms with Crippen LogP contribution in [-0.2, 0) is 9.09 Å². The molecule has 1 aliphatic rings. The van der Waals surface area contributed by atoms with E-state index in [-0.39, 0.29) is 0 Å². The number of ether oxygens (including phenoxy) is 2. The summed E-state index contributed by atoms with van der Waals surface area (Å²) in [5.41, 5.74) is 1.08. The number of allylic oxidation sites excluding steroid dienone is 1. The van der Waals surface area contributed by atoms with E-state index in [0.717, 1.165) is 0 Å². The molecular formula is C20H23N2O7P. The highest BCUT2D eigenvalue weighted by molar-refractivity contribution is 7.46. The number of rotatable bonds is 7. The van der Waals surface area contributed by atoms with E-state index < -0.39 is 13.9 Å².